The van der Waals surface area contributed by atoms with E-state index >= 15 is 0 Å². The Kier molecular flexibility index (Phi) is 4.48. The standard InChI is InChI=1S/C15H28O2/c16-13-14(9-5-2-1-3-6-10-14)15(17)11-7-4-8-12-15/h16-17H,1-13H2. The summed E-state index contributed by atoms with van der Waals surface area (Å²) in [6.45, 7) is 0.184. The zero-order valence-electron chi connectivity index (χ0n) is 11.1. The quantitative estimate of drug-likeness (QED) is 0.776. The van der Waals surface area contributed by atoms with E-state index in [0.29, 0.717) is 0 Å². The van der Waals surface area contributed by atoms with E-state index in [1.165, 1.54) is 38.5 Å². The molecule has 2 aliphatic rings. The fourth-order valence-electron chi connectivity index (χ4n) is 4.02. The van der Waals surface area contributed by atoms with Crippen molar-refractivity contribution >= 4 is 0 Å². The minimum atomic E-state index is -0.572. The third kappa shape index (κ3) is 2.68. The maximum absolute atomic E-state index is 11.0. The normalized spacial score (nSPS) is 29.3. The summed E-state index contributed by atoms with van der Waals surface area (Å²) in [6.07, 6.45) is 13.7. The van der Waals surface area contributed by atoms with Crippen molar-refractivity contribution in [2.45, 2.75) is 82.7 Å². The van der Waals surface area contributed by atoms with Gasteiger partial charge < -0.3 is 10.2 Å². The molecular weight excluding hydrogens is 212 g/mol. The molecule has 0 aromatic heterocycles. The zero-order valence-corrected chi connectivity index (χ0v) is 11.1. The summed E-state index contributed by atoms with van der Waals surface area (Å²) < 4.78 is 0. The number of rotatable bonds is 2. The number of hydrogen-bond acceptors (Lipinski definition) is 2. The molecule has 2 fully saturated rings. The van der Waals surface area contributed by atoms with Crippen LogP contribution in [0.3, 0.4) is 0 Å². The first kappa shape index (κ1) is 13.4. The van der Waals surface area contributed by atoms with Crippen LogP contribution in [0.4, 0.5) is 0 Å². The van der Waals surface area contributed by atoms with E-state index in [2.05, 4.69) is 0 Å². The topological polar surface area (TPSA) is 40.5 Å². The van der Waals surface area contributed by atoms with Crippen molar-refractivity contribution in [3.63, 3.8) is 0 Å². The lowest BCUT2D eigenvalue weighted by atomic mass is 9.60. The highest BCUT2D eigenvalue weighted by Gasteiger charge is 2.49. The second-order valence-electron chi connectivity index (χ2n) is 6.30. The molecule has 0 amide bonds. The van der Waals surface area contributed by atoms with Crippen LogP contribution in [-0.2, 0) is 0 Å². The van der Waals surface area contributed by atoms with Gasteiger partial charge in [0, 0.05) is 5.41 Å². The Bertz CT molecular complexity index is 223. The van der Waals surface area contributed by atoms with Gasteiger partial charge in [-0.15, -0.1) is 0 Å². The second-order valence-corrected chi connectivity index (χ2v) is 6.30. The molecule has 0 radical (unpaired) electrons. The first-order valence-electron chi connectivity index (χ1n) is 7.56. The van der Waals surface area contributed by atoms with Crippen molar-refractivity contribution in [3.05, 3.63) is 0 Å². The molecular formula is C15H28O2. The van der Waals surface area contributed by atoms with Crippen LogP contribution < -0.4 is 0 Å². The summed E-state index contributed by atoms with van der Waals surface area (Å²) in [4.78, 5) is 0. The van der Waals surface area contributed by atoms with Gasteiger partial charge in [0.05, 0.1) is 12.2 Å². The largest absolute Gasteiger partial charge is 0.396 e. The number of hydrogen-bond donors (Lipinski definition) is 2. The molecule has 17 heavy (non-hydrogen) atoms. The number of aliphatic hydroxyl groups is 2. The summed E-state index contributed by atoms with van der Waals surface area (Å²) in [5.74, 6) is 0. The summed E-state index contributed by atoms with van der Waals surface area (Å²) in [5.41, 5.74) is -0.759. The molecule has 0 heterocycles. The highest BCUT2D eigenvalue weighted by atomic mass is 16.3. The molecule has 0 bridgehead atoms. The fourth-order valence-corrected chi connectivity index (χ4v) is 4.02. The zero-order chi connectivity index (χ0) is 12.2. The van der Waals surface area contributed by atoms with Crippen molar-refractivity contribution in [1.82, 2.24) is 0 Å². The lowest BCUT2D eigenvalue weighted by molar-refractivity contribution is -0.141. The Labute approximate surface area is 105 Å². The molecule has 0 aromatic rings. The minimum Gasteiger partial charge on any atom is -0.396 e. The minimum absolute atomic E-state index is 0.184. The average Bonchev–Trinajstić information content (AvgIpc) is 2.30. The van der Waals surface area contributed by atoms with Gasteiger partial charge in [0.25, 0.3) is 0 Å². The molecule has 0 saturated heterocycles. The summed E-state index contributed by atoms with van der Waals surface area (Å²) in [7, 11) is 0. The third-order valence-electron chi connectivity index (χ3n) is 5.28. The molecule has 2 saturated carbocycles. The maximum Gasteiger partial charge on any atom is 0.0725 e. The van der Waals surface area contributed by atoms with Crippen molar-refractivity contribution in [2.24, 2.45) is 5.41 Å². The van der Waals surface area contributed by atoms with Gasteiger partial charge in [-0.3, -0.25) is 0 Å². The first-order valence-corrected chi connectivity index (χ1v) is 7.56. The molecule has 2 nitrogen and oxygen atoms in total. The first-order chi connectivity index (χ1) is 8.22. The van der Waals surface area contributed by atoms with E-state index in [1.54, 1.807) is 0 Å². The van der Waals surface area contributed by atoms with Crippen molar-refractivity contribution in [3.8, 4) is 0 Å². The lowest BCUT2D eigenvalue weighted by Crippen LogP contribution is -2.52. The Morgan fingerprint density at radius 1 is 0.647 bits per heavy atom. The molecule has 0 unspecified atom stereocenters. The predicted octanol–water partition coefficient (Wildman–Crippen LogP) is 3.40. The average molecular weight is 240 g/mol. The number of aliphatic hydroxyl groups excluding tert-OH is 1. The van der Waals surface area contributed by atoms with Crippen LogP contribution in [0.25, 0.3) is 0 Å². The molecule has 0 aliphatic heterocycles. The van der Waals surface area contributed by atoms with Crippen LogP contribution >= 0.6 is 0 Å². The molecule has 2 rings (SSSR count). The smallest absolute Gasteiger partial charge is 0.0725 e. The van der Waals surface area contributed by atoms with Crippen molar-refractivity contribution < 1.29 is 10.2 Å². The van der Waals surface area contributed by atoms with E-state index in [1.807, 2.05) is 0 Å². The highest BCUT2D eigenvalue weighted by Crippen LogP contribution is 2.49. The van der Waals surface area contributed by atoms with Crippen LogP contribution in [0.2, 0.25) is 0 Å². The SMILES string of the molecule is OCC1(C2(O)CCCCC2)CCCCCCC1. The molecule has 2 N–H and O–H groups in total. The fraction of sp³-hybridized carbons (Fsp3) is 1.00. The van der Waals surface area contributed by atoms with Gasteiger partial charge in [-0.2, -0.15) is 0 Å². The van der Waals surface area contributed by atoms with E-state index in [9.17, 15) is 10.2 Å². The Morgan fingerprint density at radius 2 is 1.06 bits per heavy atom. The third-order valence-corrected chi connectivity index (χ3v) is 5.28. The van der Waals surface area contributed by atoms with Gasteiger partial charge in [-0.25, -0.2) is 0 Å². The lowest BCUT2D eigenvalue weighted by Gasteiger charge is -2.49. The van der Waals surface area contributed by atoms with E-state index in [4.69, 9.17) is 0 Å². The highest BCUT2D eigenvalue weighted by molar-refractivity contribution is 5.00. The Balaban J connectivity index is 2.14. The van der Waals surface area contributed by atoms with Gasteiger partial charge in [-0.1, -0.05) is 51.4 Å². The predicted molar refractivity (Wildman–Crippen MR) is 69.9 cm³/mol. The van der Waals surface area contributed by atoms with Crippen molar-refractivity contribution in [1.29, 1.82) is 0 Å². The molecule has 100 valence electrons. The van der Waals surface area contributed by atoms with Crippen LogP contribution in [0.5, 0.6) is 0 Å². The van der Waals surface area contributed by atoms with Gasteiger partial charge in [0.2, 0.25) is 0 Å². The van der Waals surface area contributed by atoms with E-state index in [-0.39, 0.29) is 12.0 Å². The summed E-state index contributed by atoms with van der Waals surface area (Å²) in [6, 6.07) is 0. The van der Waals surface area contributed by atoms with Crippen LogP contribution in [0.15, 0.2) is 0 Å². The molecule has 2 heteroatoms. The van der Waals surface area contributed by atoms with E-state index < -0.39 is 5.60 Å². The summed E-state index contributed by atoms with van der Waals surface area (Å²) >= 11 is 0. The van der Waals surface area contributed by atoms with Gasteiger partial charge in [-0.05, 0) is 25.7 Å². The molecule has 0 aromatic carbocycles. The second kappa shape index (κ2) is 5.71. The van der Waals surface area contributed by atoms with Crippen LogP contribution in [0.1, 0.15) is 77.0 Å². The molecule has 0 spiro atoms. The Morgan fingerprint density at radius 3 is 1.59 bits per heavy atom. The van der Waals surface area contributed by atoms with E-state index in [0.717, 1.165) is 38.5 Å². The summed E-state index contributed by atoms with van der Waals surface area (Å²) in [5, 5.41) is 20.9. The monoisotopic (exact) mass is 240 g/mol. The van der Waals surface area contributed by atoms with Crippen LogP contribution in [-0.4, -0.2) is 22.4 Å². The van der Waals surface area contributed by atoms with Gasteiger partial charge in [0.15, 0.2) is 0 Å². The van der Waals surface area contributed by atoms with Crippen molar-refractivity contribution in [2.75, 3.05) is 6.61 Å². The maximum atomic E-state index is 11.0. The molecule has 2 aliphatic carbocycles. The Hall–Kier alpha value is -0.0800. The van der Waals surface area contributed by atoms with Crippen LogP contribution in [0, 0.1) is 5.41 Å². The van der Waals surface area contributed by atoms with Gasteiger partial charge >= 0.3 is 0 Å². The van der Waals surface area contributed by atoms with Gasteiger partial charge in [0.1, 0.15) is 0 Å². The molecule has 0 atom stereocenters.